The number of hydrogen-bond donors (Lipinski definition) is 4. The van der Waals surface area contributed by atoms with Gasteiger partial charge in [-0.05, 0) is 58.6 Å². The molecule has 2 saturated heterocycles. The molecule has 0 aromatic carbocycles. The molecule has 50 heavy (non-hydrogen) atoms. The fourth-order valence-electron chi connectivity index (χ4n) is 6.46. The zero-order valence-corrected chi connectivity index (χ0v) is 30.8. The number of rotatable bonds is 12. The van der Waals surface area contributed by atoms with Gasteiger partial charge in [-0.25, -0.2) is 4.79 Å². The summed E-state index contributed by atoms with van der Waals surface area (Å²) < 4.78 is 22.5. The number of aliphatic hydroxyl groups is 4. The van der Waals surface area contributed by atoms with Crippen molar-refractivity contribution in [3.8, 4) is 0 Å². The summed E-state index contributed by atoms with van der Waals surface area (Å²) in [7, 11) is 0. The molecule has 4 N–H and O–H groups in total. The molecule has 13 nitrogen and oxygen atoms in total. The van der Waals surface area contributed by atoms with E-state index < -0.39 is 53.6 Å². The number of cyclic esters (lactones) is 1. The highest BCUT2D eigenvalue weighted by atomic mass is 16.6. The fourth-order valence-corrected chi connectivity index (χ4v) is 6.46. The van der Waals surface area contributed by atoms with Gasteiger partial charge in [-0.1, -0.05) is 45.1 Å². The lowest BCUT2D eigenvalue weighted by Crippen LogP contribution is -2.52. The Morgan fingerprint density at radius 2 is 1.88 bits per heavy atom. The largest absolute Gasteiger partial charge is 0.465 e. The van der Waals surface area contributed by atoms with Gasteiger partial charge in [-0.3, -0.25) is 14.5 Å². The first-order valence-electron chi connectivity index (χ1n) is 18.0. The van der Waals surface area contributed by atoms with E-state index >= 15 is 0 Å². The van der Waals surface area contributed by atoms with Gasteiger partial charge in [0.05, 0.1) is 49.6 Å². The highest BCUT2D eigenvalue weighted by Crippen LogP contribution is 2.37. The van der Waals surface area contributed by atoms with Gasteiger partial charge in [0.2, 0.25) is 0 Å². The van der Waals surface area contributed by atoms with Gasteiger partial charge in [0, 0.05) is 44.4 Å². The van der Waals surface area contributed by atoms with Gasteiger partial charge < -0.3 is 44.3 Å². The first-order chi connectivity index (χ1) is 23.5. The van der Waals surface area contributed by atoms with E-state index in [-0.39, 0.29) is 49.9 Å². The number of hydrogen-bond acceptors (Lipinski definition) is 12. The van der Waals surface area contributed by atoms with Crippen LogP contribution in [0.4, 0.5) is 4.79 Å². The molecule has 2 fully saturated rings. The molecule has 3 aliphatic rings. The molecule has 0 aromatic heterocycles. The third kappa shape index (κ3) is 12.8. The molecule has 3 rings (SSSR count). The normalized spacial score (nSPS) is 33.3. The van der Waals surface area contributed by atoms with Crippen molar-refractivity contribution >= 4 is 18.0 Å². The standard InChI is InChI=1S/C37H60N2O11/c1-8-28(41)26(5)34-29(48-34)22-36(6,45)15-10-11-24(3)33-25(4)12-13-30(37(7,46)16-14-27(40)21-31(42)50-33)49-35(44)39-19-17-38(18-20-39)23-32(43)47-9-2/h10-13,15,25-30,33-34,40-41,45-46H,8-9,14,16-23H2,1-7H3/b13-12+,15-10+,24-11+. The molecule has 0 aliphatic carbocycles. The Hall–Kier alpha value is -2.81. The lowest BCUT2D eigenvalue weighted by molar-refractivity contribution is -0.151. The number of piperazine rings is 1. The number of ether oxygens (including phenoxy) is 4. The molecule has 0 spiro atoms. The van der Waals surface area contributed by atoms with Crippen molar-refractivity contribution in [2.75, 3.05) is 39.3 Å². The van der Waals surface area contributed by atoms with Crippen molar-refractivity contribution in [2.24, 2.45) is 11.8 Å². The summed E-state index contributed by atoms with van der Waals surface area (Å²) in [6, 6.07) is 0. The van der Waals surface area contributed by atoms with Crippen LogP contribution in [-0.4, -0.2) is 135 Å². The average molecular weight is 709 g/mol. The molecule has 284 valence electrons. The minimum absolute atomic E-state index is 0.0256. The lowest BCUT2D eigenvalue weighted by atomic mass is 9.88. The van der Waals surface area contributed by atoms with Crippen LogP contribution in [0, 0.1) is 11.8 Å². The third-order valence-electron chi connectivity index (χ3n) is 9.88. The fraction of sp³-hybridized carbons (Fsp3) is 0.757. The highest BCUT2D eigenvalue weighted by molar-refractivity contribution is 5.72. The molecule has 1 amide bonds. The summed E-state index contributed by atoms with van der Waals surface area (Å²) >= 11 is 0. The highest BCUT2D eigenvalue weighted by Gasteiger charge is 2.47. The smallest absolute Gasteiger partial charge is 0.410 e. The van der Waals surface area contributed by atoms with Crippen molar-refractivity contribution in [1.29, 1.82) is 0 Å². The Kier molecular flexibility index (Phi) is 15.5. The first-order valence-corrected chi connectivity index (χ1v) is 18.0. The van der Waals surface area contributed by atoms with Gasteiger partial charge in [0.1, 0.15) is 11.7 Å². The SMILES string of the molecule is CCOC(=O)CN1CCN(C(=O)OC2/C=C/C(C)C(/C(C)=C/C=C/C(C)(O)CC3OC3C(C)C(O)CC)OC(=O)CC(O)CCC2(C)O)CC1. The van der Waals surface area contributed by atoms with Crippen molar-refractivity contribution in [3.63, 3.8) is 0 Å². The molecule has 10 atom stereocenters. The molecule has 0 saturated carbocycles. The van der Waals surface area contributed by atoms with Crippen LogP contribution in [0.1, 0.15) is 80.6 Å². The second-order valence-electron chi connectivity index (χ2n) is 14.6. The Morgan fingerprint density at radius 1 is 1.20 bits per heavy atom. The predicted octanol–water partition coefficient (Wildman–Crippen LogP) is 2.89. The van der Waals surface area contributed by atoms with Gasteiger partial charge in [0.25, 0.3) is 0 Å². The zero-order chi connectivity index (χ0) is 37.2. The summed E-state index contributed by atoms with van der Waals surface area (Å²) in [5.74, 6) is -1.35. The number of aliphatic hydroxyl groups excluding tert-OH is 2. The molecular weight excluding hydrogens is 648 g/mol. The first kappa shape index (κ1) is 41.6. The Labute approximate surface area is 296 Å². The van der Waals surface area contributed by atoms with E-state index in [9.17, 15) is 34.8 Å². The molecule has 10 unspecified atom stereocenters. The van der Waals surface area contributed by atoms with Crippen LogP contribution >= 0.6 is 0 Å². The summed E-state index contributed by atoms with van der Waals surface area (Å²) in [5.41, 5.74) is -2.05. The van der Waals surface area contributed by atoms with Crippen molar-refractivity contribution in [1.82, 2.24) is 9.80 Å². The van der Waals surface area contributed by atoms with Gasteiger partial charge in [-0.15, -0.1) is 0 Å². The van der Waals surface area contributed by atoms with Gasteiger partial charge in [-0.2, -0.15) is 0 Å². The van der Waals surface area contributed by atoms with Crippen LogP contribution in [0.5, 0.6) is 0 Å². The molecule has 13 heteroatoms. The van der Waals surface area contributed by atoms with E-state index in [0.717, 1.165) is 0 Å². The average Bonchev–Trinajstić information content (AvgIpc) is 3.81. The Bertz CT molecular complexity index is 1220. The topological polar surface area (TPSA) is 179 Å². The summed E-state index contributed by atoms with van der Waals surface area (Å²) in [4.78, 5) is 41.4. The van der Waals surface area contributed by atoms with Crippen LogP contribution in [0.25, 0.3) is 0 Å². The van der Waals surface area contributed by atoms with Crippen molar-refractivity contribution in [3.05, 3.63) is 36.0 Å². The number of carbonyl (C=O) groups excluding carboxylic acids is 3. The monoisotopic (exact) mass is 708 g/mol. The summed E-state index contributed by atoms with van der Waals surface area (Å²) in [6.45, 7) is 14.5. The maximum atomic E-state index is 13.3. The van der Waals surface area contributed by atoms with Crippen LogP contribution < -0.4 is 0 Å². The van der Waals surface area contributed by atoms with E-state index in [1.165, 1.54) is 11.8 Å². The van der Waals surface area contributed by atoms with Crippen LogP contribution in [0.15, 0.2) is 36.0 Å². The van der Waals surface area contributed by atoms with Gasteiger partial charge >= 0.3 is 18.0 Å². The number of esters is 2. The predicted molar refractivity (Wildman–Crippen MR) is 186 cm³/mol. The maximum Gasteiger partial charge on any atom is 0.410 e. The van der Waals surface area contributed by atoms with E-state index in [0.29, 0.717) is 51.2 Å². The number of carbonyl (C=O) groups is 3. The van der Waals surface area contributed by atoms with E-state index in [4.69, 9.17) is 18.9 Å². The maximum absolute atomic E-state index is 13.3. The quantitative estimate of drug-likeness (QED) is 0.0768. The molecule has 3 heterocycles. The Morgan fingerprint density at radius 3 is 2.52 bits per heavy atom. The number of epoxide rings is 1. The number of amides is 1. The lowest BCUT2D eigenvalue weighted by Gasteiger charge is -2.37. The minimum Gasteiger partial charge on any atom is -0.465 e. The summed E-state index contributed by atoms with van der Waals surface area (Å²) in [5, 5.41) is 43.2. The summed E-state index contributed by atoms with van der Waals surface area (Å²) in [6.07, 6.45) is 5.11. The zero-order valence-electron chi connectivity index (χ0n) is 30.8. The minimum atomic E-state index is -1.55. The van der Waals surface area contributed by atoms with Crippen LogP contribution in [0.2, 0.25) is 0 Å². The van der Waals surface area contributed by atoms with E-state index in [1.54, 1.807) is 51.2 Å². The van der Waals surface area contributed by atoms with Crippen LogP contribution in [-0.2, 0) is 28.5 Å². The molecule has 0 aromatic rings. The molecular formula is C37H60N2O11. The third-order valence-corrected chi connectivity index (χ3v) is 9.88. The van der Waals surface area contributed by atoms with Gasteiger partial charge in [0.15, 0.2) is 6.10 Å². The van der Waals surface area contributed by atoms with Crippen molar-refractivity contribution < 1.29 is 53.8 Å². The second-order valence-corrected chi connectivity index (χ2v) is 14.6. The van der Waals surface area contributed by atoms with Crippen LogP contribution in [0.3, 0.4) is 0 Å². The number of nitrogens with zero attached hydrogens (tertiary/aromatic N) is 2. The van der Waals surface area contributed by atoms with E-state index in [2.05, 4.69) is 0 Å². The van der Waals surface area contributed by atoms with E-state index in [1.807, 2.05) is 25.7 Å². The molecule has 3 aliphatic heterocycles. The van der Waals surface area contributed by atoms with Crippen molar-refractivity contribution in [2.45, 2.75) is 128 Å². The molecule has 0 radical (unpaired) electrons. The molecule has 0 bridgehead atoms. The number of allylic oxidation sites excluding steroid dienone is 2. The Balaban J connectivity index is 1.71. The second kappa shape index (κ2) is 18.6.